The molecule has 0 saturated carbocycles. The van der Waals surface area contributed by atoms with Gasteiger partial charge in [-0.1, -0.05) is 19.1 Å². The minimum Gasteiger partial charge on any atom is -0.313 e. The third kappa shape index (κ3) is 2.87. The van der Waals surface area contributed by atoms with Crippen molar-refractivity contribution >= 4 is 0 Å². The van der Waals surface area contributed by atoms with E-state index in [1.165, 1.54) is 28.1 Å². The van der Waals surface area contributed by atoms with Gasteiger partial charge in [-0.05, 0) is 50.9 Å². The lowest BCUT2D eigenvalue weighted by Crippen LogP contribution is -2.14. The molecule has 19 heavy (non-hydrogen) atoms. The fraction of sp³-hybridized carbons (Fsp3) is 0.438. The molecule has 0 spiro atoms. The summed E-state index contributed by atoms with van der Waals surface area (Å²) in [5.74, 6) is 0. The molecule has 0 fully saturated rings. The SMILES string of the molecule is CCCNCc1cnn(-c2cccc(C)c2C)c1C. The first-order chi connectivity index (χ1) is 9.15. The molecular formula is C16H23N3. The Morgan fingerprint density at radius 3 is 2.74 bits per heavy atom. The molecule has 2 rings (SSSR count). The zero-order chi connectivity index (χ0) is 13.8. The first-order valence-corrected chi connectivity index (χ1v) is 6.96. The molecule has 0 bridgehead atoms. The average molecular weight is 257 g/mol. The predicted octanol–water partition coefficient (Wildman–Crippen LogP) is 3.30. The van der Waals surface area contributed by atoms with Crippen LogP contribution in [0.25, 0.3) is 5.69 Å². The Morgan fingerprint density at radius 2 is 2.00 bits per heavy atom. The summed E-state index contributed by atoms with van der Waals surface area (Å²) in [6, 6.07) is 6.36. The fourth-order valence-electron chi connectivity index (χ4n) is 2.22. The number of nitrogens with zero attached hydrogens (tertiary/aromatic N) is 2. The molecule has 1 heterocycles. The normalized spacial score (nSPS) is 10.9. The van der Waals surface area contributed by atoms with Gasteiger partial charge in [-0.3, -0.25) is 0 Å². The minimum atomic E-state index is 0.893. The first kappa shape index (κ1) is 13.8. The zero-order valence-corrected chi connectivity index (χ0v) is 12.3. The van der Waals surface area contributed by atoms with Gasteiger partial charge in [0.05, 0.1) is 11.9 Å². The Kier molecular flexibility index (Phi) is 4.38. The molecule has 1 aromatic heterocycles. The highest BCUT2D eigenvalue weighted by atomic mass is 15.3. The molecule has 0 aliphatic rings. The van der Waals surface area contributed by atoms with Crippen molar-refractivity contribution in [3.05, 3.63) is 46.8 Å². The highest BCUT2D eigenvalue weighted by molar-refractivity contribution is 5.45. The van der Waals surface area contributed by atoms with E-state index in [0.29, 0.717) is 0 Å². The van der Waals surface area contributed by atoms with E-state index < -0.39 is 0 Å². The molecule has 1 N–H and O–H groups in total. The van der Waals surface area contributed by atoms with Gasteiger partial charge in [0.1, 0.15) is 0 Å². The van der Waals surface area contributed by atoms with Crippen molar-refractivity contribution in [3.8, 4) is 5.69 Å². The van der Waals surface area contributed by atoms with E-state index in [2.05, 4.69) is 56.3 Å². The number of aryl methyl sites for hydroxylation is 1. The van der Waals surface area contributed by atoms with E-state index in [1.54, 1.807) is 0 Å². The lowest BCUT2D eigenvalue weighted by atomic mass is 10.1. The Bertz CT molecular complexity index is 555. The van der Waals surface area contributed by atoms with Gasteiger partial charge in [0.25, 0.3) is 0 Å². The predicted molar refractivity (Wildman–Crippen MR) is 79.8 cm³/mol. The van der Waals surface area contributed by atoms with Crippen molar-refractivity contribution < 1.29 is 0 Å². The number of aromatic nitrogens is 2. The van der Waals surface area contributed by atoms with E-state index in [-0.39, 0.29) is 0 Å². The van der Waals surface area contributed by atoms with Gasteiger partial charge < -0.3 is 5.32 Å². The Hall–Kier alpha value is -1.61. The van der Waals surface area contributed by atoms with Crippen LogP contribution in [-0.2, 0) is 6.54 Å². The standard InChI is InChI=1S/C16H23N3/c1-5-9-17-10-15-11-18-19(14(15)4)16-8-6-7-12(2)13(16)3/h6-8,11,17H,5,9-10H2,1-4H3. The van der Waals surface area contributed by atoms with Gasteiger partial charge in [-0.2, -0.15) is 5.10 Å². The summed E-state index contributed by atoms with van der Waals surface area (Å²) >= 11 is 0. The Labute approximate surface area is 115 Å². The summed E-state index contributed by atoms with van der Waals surface area (Å²) < 4.78 is 2.05. The molecule has 0 atom stereocenters. The molecular weight excluding hydrogens is 234 g/mol. The van der Waals surface area contributed by atoms with E-state index >= 15 is 0 Å². The van der Waals surface area contributed by atoms with Crippen LogP contribution >= 0.6 is 0 Å². The molecule has 0 saturated heterocycles. The molecule has 0 aliphatic heterocycles. The maximum absolute atomic E-state index is 4.54. The maximum atomic E-state index is 4.54. The lowest BCUT2D eigenvalue weighted by molar-refractivity contribution is 0.672. The summed E-state index contributed by atoms with van der Waals surface area (Å²) in [5.41, 5.74) is 6.27. The van der Waals surface area contributed by atoms with Crippen LogP contribution in [0.2, 0.25) is 0 Å². The van der Waals surface area contributed by atoms with Crippen molar-refractivity contribution in [3.63, 3.8) is 0 Å². The second-order valence-corrected chi connectivity index (χ2v) is 5.06. The van der Waals surface area contributed by atoms with E-state index in [1.807, 2.05) is 10.9 Å². The lowest BCUT2D eigenvalue weighted by Gasteiger charge is -2.11. The molecule has 0 aliphatic carbocycles. The van der Waals surface area contributed by atoms with Crippen LogP contribution in [0.3, 0.4) is 0 Å². The third-order valence-electron chi connectivity index (χ3n) is 3.66. The number of rotatable bonds is 5. The van der Waals surface area contributed by atoms with Crippen molar-refractivity contribution in [2.45, 2.75) is 40.7 Å². The average Bonchev–Trinajstić information content (AvgIpc) is 2.75. The fourth-order valence-corrected chi connectivity index (χ4v) is 2.22. The quantitative estimate of drug-likeness (QED) is 0.833. The van der Waals surface area contributed by atoms with Gasteiger partial charge in [0.2, 0.25) is 0 Å². The molecule has 0 radical (unpaired) electrons. The van der Waals surface area contributed by atoms with E-state index in [9.17, 15) is 0 Å². The van der Waals surface area contributed by atoms with Crippen LogP contribution in [0.5, 0.6) is 0 Å². The topological polar surface area (TPSA) is 29.9 Å². The van der Waals surface area contributed by atoms with Crippen molar-refractivity contribution in [2.24, 2.45) is 0 Å². The number of nitrogens with one attached hydrogen (secondary N) is 1. The van der Waals surface area contributed by atoms with Crippen molar-refractivity contribution in [1.82, 2.24) is 15.1 Å². The Morgan fingerprint density at radius 1 is 1.21 bits per heavy atom. The molecule has 3 heteroatoms. The smallest absolute Gasteiger partial charge is 0.0680 e. The van der Waals surface area contributed by atoms with Crippen LogP contribution < -0.4 is 5.32 Å². The van der Waals surface area contributed by atoms with Crippen molar-refractivity contribution in [1.29, 1.82) is 0 Å². The van der Waals surface area contributed by atoms with E-state index in [0.717, 1.165) is 19.5 Å². The minimum absolute atomic E-state index is 0.893. The summed E-state index contributed by atoms with van der Waals surface area (Å²) in [4.78, 5) is 0. The highest BCUT2D eigenvalue weighted by Crippen LogP contribution is 2.20. The number of benzene rings is 1. The summed E-state index contributed by atoms with van der Waals surface area (Å²) in [6.07, 6.45) is 3.13. The van der Waals surface area contributed by atoms with Crippen LogP contribution in [0.1, 0.15) is 35.7 Å². The number of hydrogen-bond donors (Lipinski definition) is 1. The zero-order valence-electron chi connectivity index (χ0n) is 12.3. The van der Waals surface area contributed by atoms with Crippen LogP contribution in [0.15, 0.2) is 24.4 Å². The summed E-state index contributed by atoms with van der Waals surface area (Å²) in [6.45, 7) is 10.6. The molecule has 0 amide bonds. The van der Waals surface area contributed by atoms with E-state index in [4.69, 9.17) is 0 Å². The maximum Gasteiger partial charge on any atom is 0.0680 e. The van der Waals surface area contributed by atoms with Crippen LogP contribution in [-0.4, -0.2) is 16.3 Å². The third-order valence-corrected chi connectivity index (χ3v) is 3.66. The molecule has 102 valence electrons. The van der Waals surface area contributed by atoms with Gasteiger partial charge >= 0.3 is 0 Å². The largest absolute Gasteiger partial charge is 0.313 e. The second-order valence-electron chi connectivity index (χ2n) is 5.06. The summed E-state index contributed by atoms with van der Waals surface area (Å²) in [5, 5.41) is 7.97. The second kappa shape index (κ2) is 6.02. The van der Waals surface area contributed by atoms with Crippen LogP contribution in [0, 0.1) is 20.8 Å². The molecule has 2 aromatic rings. The summed E-state index contributed by atoms with van der Waals surface area (Å²) in [7, 11) is 0. The molecule has 3 nitrogen and oxygen atoms in total. The molecule has 1 aromatic carbocycles. The highest BCUT2D eigenvalue weighted by Gasteiger charge is 2.10. The van der Waals surface area contributed by atoms with Crippen LogP contribution in [0.4, 0.5) is 0 Å². The number of hydrogen-bond acceptors (Lipinski definition) is 2. The van der Waals surface area contributed by atoms with Gasteiger partial charge in [0.15, 0.2) is 0 Å². The molecule has 0 unspecified atom stereocenters. The first-order valence-electron chi connectivity index (χ1n) is 6.96. The Balaban J connectivity index is 2.28. The van der Waals surface area contributed by atoms with Gasteiger partial charge in [-0.25, -0.2) is 4.68 Å². The van der Waals surface area contributed by atoms with Gasteiger partial charge in [0, 0.05) is 17.8 Å². The monoisotopic (exact) mass is 257 g/mol. The van der Waals surface area contributed by atoms with Crippen molar-refractivity contribution in [2.75, 3.05) is 6.54 Å². The van der Waals surface area contributed by atoms with Gasteiger partial charge in [-0.15, -0.1) is 0 Å².